The van der Waals surface area contributed by atoms with Gasteiger partial charge >= 0.3 is 0 Å². The highest BCUT2D eigenvalue weighted by Crippen LogP contribution is 2.26. The third-order valence-corrected chi connectivity index (χ3v) is 2.95. The van der Waals surface area contributed by atoms with E-state index in [0.717, 1.165) is 4.47 Å². The molecule has 2 aromatic rings. The minimum atomic E-state index is -0.307. The van der Waals surface area contributed by atoms with Crippen LogP contribution in [0.15, 0.2) is 39.7 Å². The molecule has 1 aromatic heterocycles. The van der Waals surface area contributed by atoms with Crippen molar-refractivity contribution >= 4 is 43.4 Å². The average Bonchev–Trinajstić information content (AvgIpc) is 2.24. The first-order chi connectivity index (χ1) is 7.65. The minimum absolute atomic E-state index is 0.307. The van der Waals surface area contributed by atoms with E-state index in [0.29, 0.717) is 16.1 Å². The van der Waals surface area contributed by atoms with Crippen LogP contribution in [0.5, 0.6) is 0 Å². The number of rotatable bonds is 2. The summed E-state index contributed by atoms with van der Waals surface area (Å²) in [6, 6.07) is 6.11. The van der Waals surface area contributed by atoms with Crippen LogP contribution >= 0.6 is 31.9 Å². The monoisotopic (exact) mass is 345 g/mol. The van der Waals surface area contributed by atoms with Crippen molar-refractivity contribution in [1.82, 2.24) is 9.97 Å². The maximum atomic E-state index is 13.0. The van der Waals surface area contributed by atoms with Gasteiger partial charge in [-0.15, -0.1) is 0 Å². The Morgan fingerprint density at radius 2 is 1.94 bits per heavy atom. The largest absolute Gasteiger partial charge is 0.339 e. The van der Waals surface area contributed by atoms with Crippen molar-refractivity contribution in [3.63, 3.8) is 0 Å². The molecule has 1 heterocycles. The summed E-state index contributed by atoms with van der Waals surface area (Å²) >= 11 is 6.55. The van der Waals surface area contributed by atoms with Crippen molar-refractivity contribution in [1.29, 1.82) is 0 Å². The minimum Gasteiger partial charge on any atom is -0.339 e. The van der Waals surface area contributed by atoms with Crippen LogP contribution < -0.4 is 5.32 Å². The fraction of sp³-hybridized carbons (Fsp3) is 0. The maximum absolute atomic E-state index is 13.0. The summed E-state index contributed by atoms with van der Waals surface area (Å²) in [5.41, 5.74) is 0.616. The lowest BCUT2D eigenvalue weighted by molar-refractivity contribution is 0.628. The number of benzene rings is 1. The van der Waals surface area contributed by atoms with E-state index in [9.17, 15) is 4.39 Å². The van der Waals surface area contributed by atoms with Gasteiger partial charge in [0.15, 0.2) is 0 Å². The van der Waals surface area contributed by atoms with Crippen LogP contribution in [0.1, 0.15) is 0 Å². The van der Waals surface area contributed by atoms with Crippen LogP contribution in [0.4, 0.5) is 15.9 Å². The molecule has 0 aliphatic carbocycles. The first-order valence-electron chi connectivity index (χ1n) is 4.35. The second-order valence-electron chi connectivity index (χ2n) is 2.98. The van der Waals surface area contributed by atoms with E-state index in [1.165, 1.54) is 18.5 Å². The van der Waals surface area contributed by atoms with Gasteiger partial charge in [-0.3, -0.25) is 0 Å². The van der Waals surface area contributed by atoms with Gasteiger partial charge in [-0.1, -0.05) is 0 Å². The number of aromatic nitrogens is 2. The van der Waals surface area contributed by atoms with E-state index in [2.05, 4.69) is 47.1 Å². The standard InChI is InChI=1S/C10H6Br2FN3/c11-7-2-1-6(13)3-8(7)16-10-4-9(12)14-5-15-10/h1-5H,(H,14,15,16). The molecule has 0 atom stereocenters. The number of nitrogens with one attached hydrogen (secondary N) is 1. The van der Waals surface area contributed by atoms with Gasteiger partial charge in [-0.2, -0.15) is 0 Å². The number of nitrogens with zero attached hydrogens (tertiary/aromatic N) is 2. The summed E-state index contributed by atoms with van der Waals surface area (Å²) in [6.07, 6.45) is 1.42. The maximum Gasteiger partial charge on any atom is 0.134 e. The number of hydrogen-bond acceptors (Lipinski definition) is 3. The summed E-state index contributed by atoms with van der Waals surface area (Å²) in [7, 11) is 0. The zero-order valence-corrected chi connectivity index (χ0v) is 11.1. The molecule has 0 aliphatic rings. The van der Waals surface area contributed by atoms with Crippen LogP contribution in [0.2, 0.25) is 0 Å². The van der Waals surface area contributed by atoms with Crippen LogP contribution in [0.25, 0.3) is 0 Å². The molecule has 0 spiro atoms. The molecular weight excluding hydrogens is 341 g/mol. The van der Waals surface area contributed by atoms with E-state index >= 15 is 0 Å². The third-order valence-electron chi connectivity index (χ3n) is 1.82. The summed E-state index contributed by atoms with van der Waals surface area (Å²) in [5, 5.41) is 2.99. The molecule has 0 bridgehead atoms. The number of hydrogen-bond donors (Lipinski definition) is 1. The molecular formula is C10H6Br2FN3. The molecule has 0 amide bonds. The molecule has 6 heteroatoms. The smallest absolute Gasteiger partial charge is 0.134 e. The topological polar surface area (TPSA) is 37.8 Å². The fourth-order valence-electron chi connectivity index (χ4n) is 1.13. The van der Waals surface area contributed by atoms with Gasteiger partial charge in [0.1, 0.15) is 22.6 Å². The Balaban J connectivity index is 2.30. The Hall–Kier alpha value is -1.01. The first kappa shape index (κ1) is 11.5. The van der Waals surface area contributed by atoms with Gasteiger partial charge in [0.2, 0.25) is 0 Å². The Kier molecular flexibility index (Phi) is 3.50. The molecule has 3 nitrogen and oxygen atoms in total. The quantitative estimate of drug-likeness (QED) is 0.838. The van der Waals surface area contributed by atoms with Crippen LogP contribution in [-0.2, 0) is 0 Å². The summed E-state index contributed by atoms with van der Waals surface area (Å²) in [5.74, 6) is 0.284. The molecule has 0 aliphatic heterocycles. The fourth-order valence-corrected chi connectivity index (χ4v) is 1.79. The molecule has 0 fully saturated rings. The zero-order chi connectivity index (χ0) is 11.5. The van der Waals surface area contributed by atoms with Crippen LogP contribution in [0.3, 0.4) is 0 Å². The second kappa shape index (κ2) is 4.88. The summed E-state index contributed by atoms with van der Waals surface area (Å²) < 4.78 is 14.5. The highest BCUT2D eigenvalue weighted by atomic mass is 79.9. The lowest BCUT2D eigenvalue weighted by atomic mass is 10.3. The first-order valence-corrected chi connectivity index (χ1v) is 5.93. The van der Waals surface area contributed by atoms with Crippen molar-refractivity contribution in [2.24, 2.45) is 0 Å². The van der Waals surface area contributed by atoms with Gasteiger partial charge < -0.3 is 5.32 Å². The molecule has 2 rings (SSSR count). The van der Waals surface area contributed by atoms with E-state index in [-0.39, 0.29) is 5.82 Å². The second-order valence-corrected chi connectivity index (χ2v) is 4.64. The average molecular weight is 347 g/mol. The molecule has 82 valence electrons. The Bertz CT molecular complexity index is 519. The molecule has 0 unspecified atom stereocenters. The lowest BCUT2D eigenvalue weighted by Crippen LogP contribution is -1.95. The van der Waals surface area contributed by atoms with Crippen molar-refractivity contribution in [2.45, 2.75) is 0 Å². The van der Waals surface area contributed by atoms with Crippen LogP contribution in [-0.4, -0.2) is 9.97 Å². The van der Waals surface area contributed by atoms with E-state index in [1.807, 2.05) is 0 Å². The zero-order valence-electron chi connectivity index (χ0n) is 7.92. The van der Waals surface area contributed by atoms with E-state index in [4.69, 9.17) is 0 Å². The van der Waals surface area contributed by atoms with Gasteiger partial charge in [0.05, 0.1) is 5.69 Å². The molecule has 1 N–H and O–H groups in total. The molecule has 1 aromatic carbocycles. The van der Waals surface area contributed by atoms with Crippen molar-refractivity contribution in [3.8, 4) is 0 Å². The van der Waals surface area contributed by atoms with Crippen molar-refractivity contribution < 1.29 is 4.39 Å². The Labute approximate surface area is 108 Å². The van der Waals surface area contributed by atoms with E-state index in [1.54, 1.807) is 12.1 Å². The predicted molar refractivity (Wildman–Crippen MR) is 67.1 cm³/mol. The Morgan fingerprint density at radius 3 is 2.69 bits per heavy atom. The summed E-state index contributed by atoms with van der Waals surface area (Å²) in [6.45, 7) is 0. The SMILES string of the molecule is Fc1ccc(Br)c(Nc2cc(Br)ncn2)c1. The van der Waals surface area contributed by atoms with Crippen LogP contribution in [0, 0.1) is 5.82 Å². The predicted octanol–water partition coefficient (Wildman–Crippen LogP) is 3.88. The molecule has 16 heavy (non-hydrogen) atoms. The number of halogens is 3. The van der Waals surface area contributed by atoms with Crippen molar-refractivity contribution in [3.05, 3.63) is 45.5 Å². The highest BCUT2D eigenvalue weighted by Gasteiger charge is 2.03. The third kappa shape index (κ3) is 2.76. The normalized spacial score (nSPS) is 10.2. The van der Waals surface area contributed by atoms with Gasteiger partial charge in [0.25, 0.3) is 0 Å². The van der Waals surface area contributed by atoms with Gasteiger partial charge in [-0.25, -0.2) is 14.4 Å². The molecule has 0 saturated carbocycles. The van der Waals surface area contributed by atoms with Gasteiger partial charge in [-0.05, 0) is 50.1 Å². The van der Waals surface area contributed by atoms with Gasteiger partial charge in [0, 0.05) is 10.5 Å². The van der Waals surface area contributed by atoms with E-state index < -0.39 is 0 Å². The lowest BCUT2D eigenvalue weighted by Gasteiger charge is -2.07. The Morgan fingerprint density at radius 1 is 1.12 bits per heavy atom. The highest BCUT2D eigenvalue weighted by molar-refractivity contribution is 9.10. The van der Waals surface area contributed by atoms with Crippen molar-refractivity contribution in [2.75, 3.05) is 5.32 Å². The number of anilines is 2. The molecule has 0 radical (unpaired) electrons. The summed E-state index contributed by atoms with van der Waals surface area (Å²) in [4.78, 5) is 7.91. The molecule has 0 saturated heterocycles.